The van der Waals surface area contributed by atoms with Crippen molar-refractivity contribution in [2.45, 2.75) is 16.4 Å². The van der Waals surface area contributed by atoms with Gasteiger partial charge in [0.05, 0.1) is 12.3 Å². The van der Waals surface area contributed by atoms with Gasteiger partial charge in [-0.3, -0.25) is 4.90 Å². The topological polar surface area (TPSA) is 28.4 Å². The number of halogens is 4. The Bertz CT molecular complexity index is 613. The third kappa shape index (κ3) is 4.92. The lowest BCUT2D eigenvalue weighted by atomic mass is 10.0. The molecule has 3 rings (SSSR count). The Balaban J connectivity index is 0.00000208. The molecule has 0 aliphatic carbocycles. The quantitative estimate of drug-likeness (QED) is 0.803. The fourth-order valence-corrected chi connectivity index (χ4v) is 3.33. The van der Waals surface area contributed by atoms with Crippen LogP contribution in [0.3, 0.4) is 0 Å². The molecule has 0 unspecified atom stereocenters. The van der Waals surface area contributed by atoms with Crippen LogP contribution in [-0.4, -0.2) is 36.6 Å². The Morgan fingerprint density at radius 1 is 1.08 bits per heavy atom. The average molecular weight is 379 g/mol. The molecule has 3 nitrogen and oxygen atoms in total. The van der Waals surface area contributed by atoms with E-state index in [1.54, 1.807) is 18.4 Å². The Morgan fingerprint density at radius 3 is 2.29 bits per heavy atom. The zero-order chi connectivity index (χ0) is 16.3. The van der Waals surface area contributed by atoms with Crippen LogP contribution in [-0.2, 0) is 0 Å². The van der Waals surface area contributed by atoms with Crippen molar-refractivity contribution in [3.8, 4) is 0 Å². The third-order valence-electron chi connectivity index (χ3n) is 3.76. The fourth-order valence-electron chi connectivity index (χ4n) is 2.79. The van der Waals surface area contributed by atoms with Crippen molar-refractivity contribution in [3.05, 3.63) is 54.0 Å². The summed E-state index contributed by atoms with van der Waals surface area (Å²) in [5.41, 5.74) is -3.33. The maximum absolute atomic E-state index is 12.4. The molecule has 0 saturated carbocycles. The summed E-state index contributed by atoms with van der Waals surface area (Å²) in [5.74, 6) is 0.808. The lowest BCUT2D eigenvalue weighted by Gasteiger charge is -2.34. The van der Waals surface area contributed by atoms with Crippen LogP contribution in [0.4, 0.5) is 13.2 Å². The normalized spacial score (nSPS) is 17.3. The number of furan rings is 1. The minimum atomic E-state index is -4.26. The molecule has 2 heterocycles. The Morgan fingerprint density at radius 2 is 1.75 bits per heavy atom. The van der Waals surface area contributed by atoms with Gasteiger partial charge < -0.3 is 9.73 Å². The predicted molar refractivity (Wildman–Crippen MR) is 90.6 cm³/mol. The van der Waals surface area contributed by atoms with E-state index >= 15 is 0 Å². The smallest absolute Gasteiger partial charge is 0.446 e. The number of piperazine rings is 1. The second kappa shape index (κ2) is 8.29. The lowest BCUT2D eigenvalue weighted by Crippen LogP contribution is -2.45. The molecule has 0 radical (unpaired) electrons. The zero-order valence-corrected chi connectivity index (χ0v) is 14.4. The molecule has 1 aliphatic heterocycles. The molecule has 132 valence electrons. The van der Waals surface area contributed by atoms with Gasteiger partial charge in [-0.05, 0) is 41.6 Å². The predicted octanol–water partition coefficient (Wildman–Crippen LogP) is 4.31. The summed E-state index contributed by atoms with van der Waals surface area (Å²) in [5, 5.41) is 3.30. The second-order valence-corrected chi connectivity index (χ2v) is 6.46. The van der Waals surface area contributed by atoms with E-state index in [1.165, 1.54) is 12.1 Å². The van der Waals surface area contributed by atoms with Crippen LogP contribution in [0.25, 0.3) is 0 Å². The Kier molecular flexibility index (Phi) is 6.62. The molecule has 1 aliphatic rings. The maximum atomic E-state index is 12.4. The molecule has 0 spiro atoms. The number of nitrogens with one attached hydrogen (secondary N) is 1. The molecule has 2 aromatic rings. The van der Waals surface area contributed by atoms with Crippen LogP contribution < -0.4 is 5.32 Å². The van der Waals surface area contributed by atoms with Gasteiger partial charge in [-0.1, -0.05) is 12.1 Å². The number of benzene rings is 1. The summed E-state index contributed by atoms with van der Waals surface area (Å²) in [4.78, 5) is 2.47. The Hall–Kier alpha value is -1.15. The third-order valence-corrected chi connectivity index (χ3v) is 4.50. The van der Waals surface area contributed by atoms with Crippen LogP contribution in [0.5, 0.6) is 0 Å². The van der Waals surface area contributed by atoms with Crippen molar-refractivity contribution in [2.24, 2.45) is 0 Å². The molecular formula is C16H18ClF3N2OS. The molecule has 1 aromatic carbocycles. The van der Waals surface area contributed by atoms with Gasteiger partial charge in [0.1, 0.15) is 5.76 Å². The molecule has 1 N–H and O–H groups in total. The number of nitrogens with zero attached hydrogens (tertiary/aromatic N) is 1. The zero-order valence-electron chi connectivity index (χ0n) is 12.8. The first-order chi connectivity index (χ1) is 11.0. The second-order valence-electron chi connectivity index (χ2n) is 5.32. The number of hydrogen-bond acceptors (Lipinski definition) is 4. The van der Waals surface area contributed by atoms with E-state index < -0.39 is 5.51 Å². The average Bonchev–Trinajstić information content (AvgIpc) is 3.03. The summed E-state index contributed by atoms with van der Waals surface area (Å²) in [6.07, 6.45) is 1.62. The Labute approximate surface area is 149 Å². The highest BCUT2D eigenvalue weighted by Gasteiger charge is 2.30. The standard InChI is InChI=1S/C16H17F3N2OS.ClH/c17-16(18,19)23-13-5-3-12(4-6-13)15(14-2-1-11-22-14)21-9-7-20-8-10-21;/h1-6,11,15,20H,7-10H2;1H/t15-;/m1./s1. The SMILES string of the molecule is Cl.FC(F)(F)Sc1ccc([C@H](c2ccco2)N2CCNCC2)cc1. The van der Waals surface area contributed by atoms with Gasteiger partial charge in [-0.15, -0.1) is 12.4 Å². The van der Waals surface area contributed by atoms with E-state index in [0.29, 0.717) is 0 Å². The van der Waals surface area contributed by atoms with E-state index in [2.05, 4.69) is 10.2 Å². The summed E-state index contributed by atoms with van der Waals surface area (Å²) in [6.45, 7) is 3.51. The van der Waals surface area contributed by atoms with Gasteiger partial charge in [-0.2, -0.15) is 13.2 Å². The highest BCUT2D eigenvalue weighted by Crippen LogP contribution is 2.38. The van der Waals surface area contributed by atoms with Crippen LogP contribution in [0.2, 0.25) is 0 Å². The van der Waals surface area contributed by atoms with Crippen molar-refractivity contribution in [1.29, 1.82) is 0 Å². The van der Waals surface area contributed by atoms with Gasteiger partial charge in [-0.25, -0.2) is 0 Å². The highest BCUT2D eigenvalue weighted by atomic mass is 35.5. The van der Waals surface area contributed by atoms with Gasteiger partial charge in [0, 0.05) is 31.1 Å². The van der Waals surface area contributed by atoms with Crippen molar-refractivity contribution in [3.63, 3.8) is 0 Å². The van der Waals surface area contributed by atoms with Crippen LogP contribution >= 0.6 is 24.2 Å². The highest BCUT2D eigenvalue weighted by molar-refractivity contribution is 8.00. The van der Waals surface area contributed by atoms with Gasteiger partial charge in [0.15, 0.2) is 0 Å². The molecule has 8 heteroatoms. The van der Waals surface area contributed by atoms with Crippen LogP contribution in [0.1, 0.15) is 17.4 Å². The molecule has 1 saturated heterocycles. The fraction of sp³-hybridized carbons (Fsp3) is 0.375. The van der Waals surface area contributed by atoms with Crippen LogP contribution in [0.15, 0.2) is 52.0 Å². The number of rotatable bonds is 4. The minimum Gasteiger partial charge on any atom is -0.467 e. The van der Waals surface area contributed by atoms with E-state index in [-0.39, 0.29) is 35.1 Å². The van der Waals surface area contributed by atoms with E-state index in [0.717, 1.165) is 37.5 Å². The van der Waals surface area contributed by atoms with E-state index in [9.17, 15) is 13.2 Å². The summed E-state index contributed by atoms with van der Waals surface area (Å²) < 4.78 is 42.9. The molecular weight excluding hydrogens is 361 g/mol. The maximum Gasteiger partial charge on any atom is 0.446 e. The molecule has 1 aromatic heterocycles. The molecule has 0 amide bonds. The van der Waals surface area contributed by atoms with E-state index in [4.69, 9.17) is 4.42 Å². The first-order valence-corrected chi connectivity index (χ1v) is 8.18. The summed E-state index contributed by atoms with van der Waals surface area (Å²) in [6, 6.07) is 10.2. The van der Waals surface area contributed by atoms with Crippen molar-refractivity contribution >= 4 is 24.2 Å². The number of thioether (sulfide) groups is 1. The van der Waals surface area contributed by atoms with Gasteiger partial charge >= 0.3 is 5.51 Å². The van der Waals surface area contributed by atoms with Gasteiger partial charge in [0.25, 0.3) is 0 Å². The van der Waals surface area contributed by atoms with Crippen molar-refractivity contribution in [2.75, 3.05) is 26.2 Å². The van der Waals surface area contributed by atoms with Crippen molar-refractivity contribution < 1.29 is 17.6 Å². The monoisotopic (exact) mass is 378 g/mol. The van der Waals surface area contributed by atoms with Crippen LogP contribution in [0, 0.1) is 0 Å². The number of hydrogen-bond donors (Lipinski definition) is 1. The molecule has 1 atom stereocenters. The molecule has 24 heavy (non-hydrogen) atoms. The summed E-state index contributed by atoms with van der Waals surface area (Å²) >= 11 is -0.0928. The number of alkyl halides is 3. The molecule has 1 fully saturated rings. The van der Waals surface area contributed by atoms with Crippen molar-refractivity contribution in [1.82, 2.24) is 10.2 Å². The van der Waals surface area contributed by atoms with Gasteiger partial charge in [0.2, 0.25) is 0 Å². The lowest BCUT2D eigenvalue weighted by molar-refractivity contribution is -0.0328. The van der Waals surface area contributed by atoms with E-state index in [1.807, 2.05) is 12.1 Å². The first kappa shape index (κ1) is 19.2. The summed E-state index contributed by atoms with van der Waals surface area (Å²) in [7, 11) is 0. The largest absolute Gasteiger partial charge is 0.467 e. The minimum absolute atomic E-state index is 0. The first-order valence-electron chi connectivity index (χ1n) is 7.37. The molecule has 0 bridgehead atoms.